The number of anilines is 1. The van der Waals surface area contributed by atoms with Crippen molar-refractivity contribution in [2.45, 2.75) is 19.8 Å². The molecule has 0 aromatic heterocycles. The van der Waals surface area contributed by atoms with E-state index in [4.69, 9.17) is 21.7 Å². The number of hydrogen-bond acceptors (Lipinski definition) is 3. The summed E-state index contributed by atoms with van der Waals surface area (Å²) in [7, 11) is 1.65. The van der Waals surface area contributed by atoms with Crippen molar-refractivity contribution in [3.8, 4) is 11.5 Å². The second-order valence-corrected chi connectivity index (χ2v) is 5.32. The van der Waals surface area contributed by atoms with Crippen molar-refractivity contribution < 1.29 is 9.47 Å². The molecule has 0 aliphatic rings. The minimum absolute atomic E-state index is 0.683. The summed E-state index contributed by atoms with van der Waals surface area (Å²) in [4.78, 5) is 0.683. The zero-order chi connectivity index (χ0) is 15.8. The van der Waals surface area contributed by atoms with Crippen LogP contribution in [0.5, 0.6) is 11.5 Å². The SMILES string of the molecule is CCCCOc1ccc(NC(=S)c2ccc(OC)cc2)cc1. The highest BCUT2D eigenvalue weighted by Gasteiger charge is 2.03. The lowest BCUT2D eigenvalue weighted by Gasteiger charge is -2.10. The van der Waals surface area contributed by atoms with E-state index >= 15 is 0 Å². The van der Waals surface area contributed by atoms with Crippen molar-refractivity contribution >= 4 is 22.9 Å². The lowest BCUT2D eigenvalue weighted by molar-refractivity contribution is 0.309. The maximum Gasteiger partial charge on any atom is 0.119 e. The number of hydrogen-bond donors (Lipinski definition) is 1. The van der Waals surface area contributed by atoms with Gasteiger partial charge in [-0.1, -0.05) is 25.6 Å². The van der Waals surface area contributed by atoms with Crippen LogP contribution >= 0.6 is 12.2 Å². The normalized spacial score (nSPS) is 10.1. The van der Waals surface area contributed by atoms with Crippen molar-refractivity contribution in [1.29, 1.82) is 0 Å². The zero-order valence-electron chi connectivity index (χ0n) is 13.0. The molecule has 0 spiro atoms. The fraction of sp³-hybridized carbons (Fsp3) is 0.278. The topological polar surface area (TPSA) is 30.5 Å². The van der Waals surface area contributed by atoms with Crippen LogP contribution in [0.3, 0.4) is 0 Å². The van der Waals surface area contributed by atoms with Crippen LogP contribution in [0, 0.1) is 0 Å². The first-order chi connectivity index (χ1) is 10.7. The summed E-state index contributed by atoms with van der Waals surface area (Å²) < 4.78 is 10.8. The van der Waals surface area contributed by atoms with Gasteiger partial charge in [0.2, 0.25) is 0 Å². The van der Waals surface area contributed by atoms with Gasteiger partial charge < -0.3 is 14.8 Å². The number of ether oxygens (including phenoxy) is 2. The first-order valence-corrected chi connectivity index (χ1v) is 7.82. The van der Waals surface area contributed by atoms with Crippen LogP contribution in [0.15, 0.2) is 48.5 Å². The fourth-order valence-electron chi connectivity index (χ4n) is 1.91. The van der Waals surface area contributed by atoms with Gasteiger partial charge in [-0.05, 0) is 55.0 Å². The Labute approximate surface area is 137 Å². The summed E-state index contributed by atoms with van der Waals surface area (Å²) in [5.74, 6) is 1.70. The molecule has 116 valence electrons. The van der Waals surface area contributed by atoms with E-state index in [9.17, 15) is 0 Å². The third-order valence-electron chi connectivity index (χ3n) is 3.23. The average Bonchev–Trinajstić information content (AvgIpc) is 2.57. The highest BCUT2D eigenvalue weighted by Crippen LogP contribution is 2.18. The monoisotopic (exact) mass is 315 g/mol. The van der Waals surface area contributed by atoms with Crippen molar-refractivity contribution in [2.75, 3.05) is 19.0 Å². The molecule has 0 radical (unpaired) electrons. The predicted molar refractivity (Wildman–Crippen MR) is 95.2 cm³/mol. The number of benzene rings is 2. The number of nitrogens with one attached hydrogen (secondary N) is 1. The molecule has 4 heteroatoms. The zero-order valence-corrected chi connectivity index (χ0v) is 13.8. The summed E-state index contributed by atoms with van der Waals surface area (Å²) in [6.45, 7) is 2.91. The Bertz CT molecular complexity index is 593. The molecule has 1 N–H and O–H groups in total. The number of unbranched alkanes of at least 4 members (excludes halogenated alkanes) is 1. The van der Waals surface area contributed by atoms with Crippen LogP contribution in [0.1, 0.15) is 25.3 Å². The molecule has 0 atom stereocenters. The fourth-order valence-corrected chi connectivity index (χ4v) is 2.17. The molecule has 2 aromatic rings. The van der Waals surface area contributed by atoms with Crippen molar-refractivity contribution in [2.24, 2.45) is 0 Å². The summed E-state index contributed by atoms with van der Waals surface area (Å²) in [6, 6.07) is 15.5. The van der Waals surface area contributed by atoms with Crippen LogP contribution < -0.4 is 14.8 Å². The van der Waals surface area contributed by atoms with E-state index in [0.717, 1.165) is 42.2 Å². The van der Waals surface area contributed by atoms with E-state index in [1.54, 1.807) is 7.11 Å². The van der Waals surface area contributed by atoms with E-state index < -0.39 is 0 Å². The molecule has 0 saturated heterocycles. The summed E-state index contributed by atoms with van der Waals surface area (Å²) >= 11 is 5.42. The van der Waals surface area contributed by atoms with E-state index in [1.807, 2.05) is 48.5 Å². The van der Waals surface area contributed by atoms with Crippen LogP contribution in [0.2, 0.25) is 0 Å². The highest BCUT2D eigenvalue weighted by atomic mass is 32.1. The Hall–Kier alpha value is -2.07. The Morgan fingerprint density at radius 3 is 2.23 bits per heavy atom. The van der Waals surface area contributed by atoms with E-state index in [1.165, 1.54) is 0 Å². The first kappa shape index (κ1) is 16.3. The smallest absolute Gasteiger partial charge is 0.119 e. The summed E-state index contributed by atoms with van der Waals surface area (Å²) in [6.07, 6.45) is 2.21. The molecule has 22 heavy (non-hydrogen) atoms. The Morgan fingerprint density at radius 2 is 1.64 bits per heavy atom. The summed E-state index contributed by atoms with van der Waals surface area (Å²) in [5, 5.41) is 3.23. The first-order valence-electron chi connectivity index (χ1n) is 7.41. The van der Waals surface area contributed by atoms with Gasteiger partial charge in [0.1, 0.15) is 16.5 Å². The maximum absolute atomic E-state index is 5.64. The highest BCUT2D eigenvalue weighted by molar-refractivity contribution is 7.81. The molecule has 2 rings (SSSR count). The third kappa shape index (κ3) is 4.74. The van der Waals surface area contributed by atoms with Gasteiger partial charge in [0.05, 0.1) is 13.7 Å². The molecule has 0 aliphatic carbocycles. The molecule has 0 amide bonds. The Balaban J connectivity index is 1.93. The molecule has 0 unspecified atom stereocenters. The summed E-state index contributed by atoms with van der Waals surface area (Å²) in [5.41, 5.74) is 1.91. The largest absolute Gasteiger partial charge is 0.497 e. The van der Waals surface area contributed by atoms with Crippen molar-refractivity contribution in [3.63, 3.8) is 0 Å². The molecular formula is C18H21NO2S. The third-order valence-corrected chi connectivity index (χ3v) is 3.57. The van der Waals surface area contributed by atoms with Crippen molar-refractivity contribution in [1.82, 2.24) is 0 Å². The van der Waals surface area contributed by atoms with Crippen LogP contribution in [0.25, 0.3) is 0 Å². The van der Waals surface area contributed by atoms with E-state index in [-0.39, 0.29) is 0 Å². The minimum atomic E-state index is 0.683. The van der Waals surface area contributed by atoms with Gasteiger partial charge in [-0.3, -0.25) is 0 Å². The van der Waals surface area contributed by atoms with E-state index in [0.29, 0.717) is 4.99 Å². The van der Waals surface area contributed by atoms with Crippen molar-refractivity contribution in [3.05, 3.63) is 54.1 Å². The van der Waals surface area contributed by atoms with E-state index in [2.05, 4.69) is 12.2 Å². The van der Waals surface area contributed by atoms with Crippen LogP contribution in [-0.2, 0) is 0 Å². The lowest BCUT2D eigenvalue weighted by atomic mass is 10.2. The standard InChI is InChI=1S/C18H21NO2S/c1-3-4-13-21-17-11-7-15(8-12-17)19-18(22)14-5-9-16(20-2)10-6-14/h5-12H,3-4,13H2,1-2H3,(H,19,22). The molecule has 0 bridgehead atoms. The molecule has 2 aromatic carbocycles. The molecule has 0 saturated carbocycles. The predicted octanol–water partition coefficient (Wildman–Crippen LogP) is 4.66. The number of methoxy groups -OCH3 is 1. The minimum Gasteiger partial charge on any atom is -0.497 e. The molecule has 0 fully saturated rings. The van der Waals surface area contributed by atoms with Gasteiger partial charge in [-0.15, -0.1) is 0 Å². The molecule has 3 nitrogen and oxygen atoms in total. The van der Waals surface area contributed by atoms with Gasteiger partial charge in [0.25, 0.3) is 0 Å². The van der Waals surface area contributed by atoms with Gasteiger partial charge in [-0.2, -0.15) is 0 Å². The Morgan fingerprint density at radius 1 is 1.00 bits per heavy atom. The lowest BCUT2D eigenvalue weighted by Crippen LogP contribution is -2.10. The van der Waals surface area contributed by atoms with Gasteiger partial charge in [-0.25, -0.2) is 0 Å². The van der Waals surface area contributed by atoms with Gasteiger partial charge >= 0.3 is 0 Å². The molecule has 0 aliphatic heterocycles. The molecule has 0 heterocycles. The Kier molecular flexibility index (Phi) is 6.22. The average molecular weight is 315 g/mol. The quantitative estimate of drug-likeness (QED) is 0.594. The van der Waals surface area contributed by atoms with Crippen LogP contribution in [0.4, 0.5) is 5.69 Å². The maximum atomic E-state index is 5.64. The van der Waals surface area contributed by atoms with Crippen LogP contribution in [-0.4, -0.2) is 18.7 Å². The second kappa shape index (κ2) is 8.39. The number of rotatable bonds is 7. The van der Waals surface area contributed by atoms with Gasteiger partial charge in [0, 0.05) is 11.3 Å². The number of thiocarbonyl (C=S) groups is 1. The second-order valence-electron chi connectivity index (χ2n) is 4.91. The van der Waals surface area contributed by atoms with Gasteiger partial charge in [0.15, 0.2) is 0 Å². The molecular weight excluding hydrogens is 294 g/mol.